The van der Waals surface area contributed by atoms with Crippen molar-refractivity contribution in [3.05, 3.63) is 42.0 Å². The molecule has 0 saturated carbocycles. The predicted molar refractivity (Wildman–Crippen MR) is 66.2 cm³/mol. The second kappa shape index (κ2) is 3.21. The van der Waals surface area contributed by atoms with Crippen LogP contribution in [0.15, 0.2) is 36.4 Å². The Kier molecular flexibility index (Phi) is 2.02. The molecule has 1 saturated heterocycles. The van der Waals surface area contributed by atoms with Crippen LogP contribution in [0.4, 0.5) is 0 Å². The van der Waals surface area contributed by atoms with E-state index in [-0.39, 0.29) is 11.2 Å². The summed E-state index contributed by atoms with van der Waals surface area (Å²) in [7, 11) is 0. The van der Waals surface area contributed by atoms with Gasteiger partial charge in [-0.2, -0.15) is 0 Å². The summed E-state index contributed by atoms with van der Waals surface area (Å²) in [6.45, 7) is 4.45. The quantitative estimate of drug-likeness (QED) is 0.691. The lowest BCUT2D eigenvalue weighted by Crippen LogP contribution is -2.34. The summed E-state index contributed by atoms with van der Waals surface area (Å²) in [5, 5.41) is 0. The van der Waals surface area contributed by atoms with Gasteiger partial charge in [-0.25, -0.2) is 0 Å². The Morgan fingerprint density at radius 2 is 1.81 bits per heavy atom. The van der Waals surface area contributed by atoms with Crippen LogP contribution < -0.4 is 0 Å². The van der Waals surface area contributed by atoms with Crippen molar-refractivity contribution in [1.82, 2.24) is 0 Å². The molecule has 1 heteroatoms. The van der Waals surface area contributed by atoms with E-state index in [9.17, 15) is 0 Å². The average Bonchev–Trinajstić information content (AvgIpc) is 2.49. The number of benzene rings is 1. The zero-order chi connectivity index (χ0) is 11.2. The minimum atomic E-state index is -0.0296. The maximum atomic E-state index is 6.15. The maximum absolute atomic E-state index is 6.15. The van der Waals surface area contributed by atoms with E-state index in [1.807, 2.05) is 0 Å². The highest BCUT2D eigenvalue weighted by Gasteiger charge is 2.46. The monoisotopic (exact) mass is 214 g/mol. The average molecular weight is 214 g/mol. The Balaban J connectivity index is 2.02. The smallest absolute Gasteiger partial charge is 0.0848 e. The van der Waals surface area contributed by atoms with Gasteiger partial charge < -0.3 is 4.74 Å². The molecule has 1 fully saturated rings. The van der Waals surface area contributed by atoms with Crippen LogP contribution in [0.5, 0.6) is 0 Å². The van der Waals surface area contributed by atoms with Crippen molar-refractivity contribution < 1.29 is 4.74 Å². The van der Waals surface area contributed by atoms with E-state index in [1.165, 1.54) is 17.6 Å². The third kappa shape index (κ3) is 1.60. The van der Waals surface area contributed by atoms with E-state index in [0.717, 1.165) is 12.8 Å². The fourth-order valence-electron chi connectivity index (χ4n) is 3.06. The number of hydrogen-bond donors (Lipinski definition) is 0. The highest BCUT2D eigenvalue weighted by Crippen LogP contribution is 2.48. The molecule has 2 aliphatic heterocycles. The number of ether oxygens (including phenoxy) is 1. The van der Waals surface area contributed by atoms with Gasteiger partial charge in [0.05, 0.1) is 11.2 Å². The number of fused-ring (bicyclic) bond motifs is 2. The van der Waals surface area contributed by atoms with Crippen molar-refractivity contribution in [2.75, 3.05) is 0 Å². The van der Waals surface area contributed by atoms with Crippen molar-refractivity contribution in [3.8, 4) is 0 Å². The van der Waals surface area contributed by atoms with Gasteiger partial charge in [-0.3, -0.25) is 0 Å². The standard InChI is InChI=1S/C15H18O/c1-14-8-9-15(2,16-14)11-13(10-14)12-6-4-3-5-7-12/h3-7,10H,8-9,11H2,1-2H3/t14-,15+/m1/s1. The van der Waals surface area contributed by atoms with Gasteiger partial charge in [-0.05, 0) is 43.9 Å². The third-order valence-electron chi connectivity index (χ3n) is 3.82. The van der Waals surface area contributed by atoms with Crippen molar-refractivity contribution in [1.29, 1.82) is 0 Å². The molecule has 1 aromatic carbocycles. The molecule has 2 aliphatic rings. The van der Waals surface area contributed by atoms with Gasteiger partial charge in [-0.1, -0.05) is 30.3 Å². The van der Waals surface area contributed by atoms with E-state index in [0.29, 0.717) is 0 Å². The third-order valence-corrected chi connectivity index (χ3v) is 3.82. The second-order valence-corrected chi connectivity index (χ2v) is 5.58. The van der Waals surface area contributed by atoms with E-state index in [4.69, 9.17) is 4.74 Å². The lowest BCUT2D eigenvalue weighted by molar-refractivity contribution is -0.0634. The maximum Gasteiger partial charge on any atom is 0.0848 e. The molecule has 3 rings (SSSR count). The molecule has 1 aromatic rings. The summed E-state index contributed by atoms with van der Waals surface area (Å²) >= 11 is 0. The molecule has 0 unspecified atom stereocenters. The van der Waals surface area contributed by atoms with E-state index < -0.39 is 0 Å². The van der Waals surface area contributed by atoms with E-state index >= 15 is 0 Å². The molecule has 2 atom stereocenters. The van der Waals surface area contributed by atoms with Crippen LogP contribution in [0.2, 0.25) is 0 Å². The highest BCUT2D eigenvalue weighted by atomic mass is 16.5. The van der Waals surface area contributed by atoms with Crippen LogP contribution in [0.3, 0.4) is 0 Å². The second-order valence-electron chi connectivity index (χ2n) is 5.58. The minimum absolute atomic E-state index is 0.0296. The largest absolute Gasteiger partial charge is 0.365 e. The first-order valence-electron chi connectivity index (χ1n) is 6.06. The van der Waals surface area contributed by atoms with Crippen molar-refractivity contribution >= 4 is 5.57 Å². The molecule has 0 aromatic heterocycles. The topological polar surface area (TPSA) is 9.23 Å². The highest BCUT2D eigenvalue weighted by molar-refractivity contribution is 5.68. The lowest BCUT2D eigenvalue weighted by Gasteiger charge is -2.35. The van der Waals surface area contributed by atoms with E-state index in [2.05, 4.69) is 50.3 Å². The summed E-state index contributed by atoms with van der Waals surface area (Å²) in [6, 6.07) is 10.7. The first kappa shape index (κ1) is 10.1. The molecule has 0 aliphatic carbocycles. The molecule has 84 valence electrons. The Hall–Kier alpha value is -1.08. The molecule has 0 N–H and O–H groups in total. The Bertz CT molecular complexity index is 434. The Morgan fingerprint density at radius 3 is 2.50 bits per heavy atom. The first-order valence-corrected chi connectivity index (χ1v) is 6.06. The van der Waals surface area contributed by atoms with Gasteiger partial charge in [0.2, 0.25) is 0 Å². The zero-order valence-corrected chi connectivity index (χ0v) is 9.99. The fraction of sp³-hybridized carbons (Fsp3) is 0.467. The summed E-state index contributed by atoms with van der Waals surface area (Å²) in [6.07, 6.45) is 5.71. The van der Waals surface area contributed by atoms with Gasteiger partial charge in [-0.15, -0.1) is 0 Å². The summed E-state index contributed by atoms with van der Waals surface area (Å²) in [4.78, 5) is 0. The van der Waals surface area contributed by atoms with Crippen LogP contribution >= 0.6 is 0 Å². The predicted octanol–water partition coefficient (Wildman–Crippen LogP) is 3.80. The minimum Gasteiger partial charge on any atom is -0.365 e. The first-order chi connectivity index (χ1) is 7.59. The van der Waals surface area contributed by atoms with Crippen molar-refractivity contribution in [3.63, 3.8) is 0 Å². The van der Waals surface area contributed by atoms with Crippen molar-refractivity contribution in [2.45, 2.75) is 44.3 Å². The van der Waals surface area contributed by atoms with Crippen molar-refractivity contribution in [2.24, 2.45) is 0 Å². The molecule has 0 radical (unpaired) electrons. The van der Waals surface area contributed by atoms with Gasteiger partial charge in [0.1, 0.15) is 0 Å². The van der Waals surface area contributed by atoms with Crippen LogP contribution in [0, 0.1) is 0 Å². The molecule has 2 bridgehead atoms. The summed E-state index contributed by atoms with van der Waals surface area (Å²) in [5.74, 6) is 0. The number of hydrogen-bond acceptors (Lipinski definition) is 1. The van der Waals surface area contributed by atoms with E-state index in [1.54, 1.807) is 0 Å². The molecular formula is C15H18O. The lowest BCUT2D eigenvalue weighted by atomic mass is 9.89. The van der Waals surface area contributed by atoms with Gasteiger partial charge >= 0.3 is 0 Å². The normalized spacial score (nSPS) is 37.2. The van der Waals surface area contributed by atoms with Gasteiger partial charge in [0.15, 0.2) is 0 Å². The summed E-state index contributed by atoms with van der Waals surface area (Å²) in [5.41, 5.74) is 2.84. The molecule has 0 amide bonds. The molecule has 0 spiro atoms. The Labute approximate surface area is 97.1 Å². The molecule has 16 heavy (non-hydrogen) atoms. The zero-order valence-electron chi connectivity index (χ0n) is 9.99. The summed E-state index contributed by atoms with van der Waals surface area (Å²) < 4.78 is 6.15. The molecule has 1 nitrogen and oxygen atoms in total. The Morgan fingerprint density at radius 1 is 1.06 bits per heavy atom. The van der Waals surface area contributed by atoms with Gasteiger partial charge in [0, 0.05) is 6.42 Å². The molecule has 2 heterocycles. The molecular weight excluding hydrogens is 196 g/mol. The fourth-order valence-corrected chi connectivity index (χ4v) is 3.06. The van der Waals surface area contributed by atoms with Crippen LogP contribution in [-0.4, -0.2) is 11.2 Å². The van der Waals surface area contributed by atoms with Crippen LogP contribution in [0.1, 0.15) is 38.7 Å². The van der Waals surface area contributed by atoms with Crippen LogP contribution in [-0.2, 0) is 4.74 Å². The van der Waals surface area contributed by atoms with Crippen LogP contribution in [0.25, 0.3) is 5.57 Å². The number of rotatable bonds is 1. The van der Waals surface area contributed by atoms with Gasteiger partial charge in [0.25, 0.3) is 0 Å². The SMILES string of the molecule is C[C@]12CC[C@](C)(C=C(c3ccccc3)C1)O2.